The van der Waals surface area contributed by atoms with Gasteiger partial charge in [-0.3, -0.25) is 11.3 Å². The summed E-state index contributed by atoms with van der Waals surface area (Å²) in [7, 11) is 0. The highest BCUT2D eigenvalue weighted by atomic mass is 79.9. The molecule has 6 heteroatoms. The first-order chi connectivity index (χ1) is 9.13. The number of benzene rings is 1. The lowest BCUT2D eigenvalue weighted by molar-refractivity contribution is 0.468. The maximum absolute atomic E-state index is 5.69. The molecule has 3 N–H and O–H groups in total. The van der Waals surface area contributed by atoms with Crippen LogP contribution in [0.2, 0.25) is 0 Å². The highest BCUT2D eigenvalue weighted by Gasteiger charge is 2.17. The van der Waals surface area contributed by atoms with E-state index in [4.69, 9.17) is 5.84 Å². The lowest BCUT2D eigenvalue weighted by Crippen LogP contribution is -2.31. The molecule has 102 valence electrons. The standard InChI is InChI=1S/C13H18BrN5/c1-9(2)19-13(16-8-17-19)7-12(18-15)10-5-3-4-6-11(10)14/h3-6,8-9,12,18H,7,15H2,1-2H3. The third-order valence-electron chi connectivity index (χ3n) is 3.00. The Hall–Kier alpha value is -1.24. The fourth-order valence-electron chi connectivity index (χ4n) is 2.05. The average molecular weight is 324 g/mol. The Labute approximate surface area is 121 Å². The summed E-state index contributed by atoms with van der Waals surface area (Å²) in [5, 5.41) is 4.24. The SMILES string of the molecule is CC(C)n1ncnc1CC(NN)c1ccccc1Br. The second-order valence-corrected chi connectivity index (χ2v) is 5.51. The molecule has 5 nitrogen and oxygen atoms in total. The molecule has 1 aromatic carbocycles. The van der Waals surface area contributed by atoms with E-state index in [1.807, 2.05) is 28.9 Å². The number of nitrogens with zero attached hydrogens (tertiary/aromatic N) is 3. The first kappa shape index (κ1) is 14.2. The van der Waals surface area contributed by atoms with E-state index in [1.54, 1.807) is 6.33 Å². The fraction of sp³-hybridized carbons (Fsp3) is 0.385. The van der Waals surface area contributed by atoms with Gasteiger partial charge in [0.25, 0.3) is 0 Å². The van der Waals surface area contributed by atoms with Crippen molar-refractivity contribution < 1.29 is 0 Å². The molecule has 0 spiro atoms. The minimum absolute atomic E-state index is 0.00252. The van der Waals surface area contributed by atoms with Crippen LogP contribution in [0.4, 0.5) is 0 Å². The van der Waals surface area contributed by atoms with Gasteiger partial charge in [-0.15, -0.1) is 0 Å². The lowest BCUT2D eigenvalue weighted by atomic mass is 10.0. The molecule has 0 aliphatic carbocycles. The van der Waals surface area contributed by atoms with Crippen molar-refractivity contribution in [3.05, 3.63) is 46.5 Å². The molecule has 0 aliphatic rings. The zero-order valence-electron chi connectivity index (χ0n) is 11.0. The van der Waals surface area contributed by atoms with E-state index >= 15 is 0 Å². The predicted molar refractivity (Wildman–Crippen MR) is 78.3 cm³/mol. The monoisotopic (exact) mass is 323 g/mol. The fourth-order valence-corrected chi connectivity index (χ4v) is 2.61. The summed E-state index contributed by atoms with van der Waals surface area (Å²) in [4.78, 5) is 4.32. The van der Waals surface area contributed by atoms with E-state index in [0.29, 0.717) is 6.42 Å². The molecule has 0 bridgehead atoms. The summed E-state index contributed by atoms with van der Waals surface area (Å²) in [5.74, 6) is 6.61. The first-order valence-corrected chi connectivity index (χ1v) is 7.01. The molecule has 1 heterocycles. The van der Waals surface area contributed by atoms with Crippen LogP contribution in [-0.2, 0) is 6.42 Å². The number of hydrazine groups is 1. The minimum atomic E-state index is -0.00252. The molecule has 0 saturated carbocycles. The topological polar surface area (TPSA) is 68.8 Å². The molecular weight excluding hydrogens is 306 g/mol. The first-order valence-electron chi connectivity index (χ1n) is 6.22. The second kappa shape index (κ2) is 6.27. The highest BCUT2D eigenvalue weighted by molar-refractivity contribution is 9.10. The van der Waals surface area contributed by atoms with Gasteiger partial charge in [-0.25, -0.2) is 9.67 Å². The highest BCUT2D eigenvalue weighted by Crippen LogP contribution is 2.25. The van der Waals surface area contributed by atoms with Crippen LogP contribution in [0.5, 0.6) is 0 Å². The van der Waals surface area contributed by atoms with Crippen molar-refractivity contribution in [2.24, 2.45) is 5.84 Å². The Morgan fingerprint density at radius 1 is 1.37 bits per heavy atom. The van der Waals surface area contributed by atoms with Crippen LogP contribution in [0.25, 0.3) is 0 Å². The van der Waals surface area contributed by atoms with Crippen LogP contribution in [0, 0.1) is 0 Å². The van der Waals surface area contributed by atoms with E-state index in [0.717, 1.165) is 15.9 Å². The van der Waals surface area contributed by atoms with Crippen molar-refractivity contribution in [3.63, 3.8) is 0 Å². The zero-order chi connectivity index (χ0) is 13.8. The number of hydrogen-bond donors (Lipinski definition) is 2. The second-order valence-electron chi connectivity index (χ2n) is 4.66. The van der Waals surface area contributed by atoms with Gasteiger partial charge in [0.1, 0.15) is 12.2 Å². The van der Waals surface area contributed by atoms with Crippen LogP contribution >= 0.6 is 15.9 Å². The smallest absolute Gasteiger partial charge is 0.138 e. The van der Waals surface area contributed by atoms with Crippen molar-refractivity contribution in [2.45, 2.75) is 32.4 Å². The summed E-state index contributed by atoms with van der Waals surface area (Å²) >= 11 is 3.55. The molecule has 1 aromatic heterocycles. The van der Waals surface area contributed by atoms with Crippen LogP contribution in [0.1, 0.15) is 37.3 Å². The van der Waals surface area contributed by atoms with Crippen molar-refractivity contribution in [1.29, 1.82) is 0 Å². The summed E-state index contributed by atoms with van der Waals surface area (Å²) in [6, 6.07) is 8.32. The Bertz CT molecular complexity index is 537. The van der Waals surface area contributed by atoms with Crippen molar-refractivity contribution in [2.75, 3.05) is 0 Å². The van der Waals surface area contributed by atoms with Crippen LogP contribution in [0.3, 0.4) is 0 Å². The van der Waals surface area contributed by atoms with Gasteiger partial charge in [-0.05, 0) is 25.5 Å². The lowest BCUT2D eigenvalue weighted by Gasteiger charge is -2.18. The Morgan fingerprint density at radius 3 is 2.74 bits per heavy atom. The van der Waals surface area contributed by atoms with Gasteiger partial charge in [0.05, 0.1) is 6.04 Å². The van der Waals surface area contributed by atoms with Crippen LogP contribution < -0.4 is 11.3 Å². The normalized spacial score (nSPS) is 12.9. The Kier molecular flexibility index (Phi) is 4.68. The van der Waals surface area contributed by atoms with Gasteiger partial charge >= 0.3 is 0 Å². The van der Waals surface area contributed by atoms with Gasteiger partial charge in [-0.2, -0.15) is 5.10 Å². The minimum Gasteiger partial charge on any atom is -0.271 e. The molecule has 0 fully saturated rings. The molecule has 2 rings (SSSR count). The van der Waals surface area contributed by atoms with Crippen molar-refractivity contribution in [1.82, 2.24) is 20.2 Å². The van der Waals surface area contributed by atoms with Crippen molar-refractivity contribution in [3.8, 4) is 0 Å². The van der Waals surface area contributed by atoms with E-state index in [1.165, 1.54) is 0 Å². The Balaban J connectivity index is 2.25. The molecule has 0 saturated heterocycles. The molecule has 1 unspecified atom stereocenters. The van der Waals surface area contributed by atoms with E-state index in [9.17, 15) is 0 Å². The van der Waals surface area contributed by atoms with Crippen LogP contribution in [-0.4, -0.2) is 14.8 Å². The molecule has 1 atom stereocenters. The number of rotatable bonds is 5. The Morgan fingerprint density at radius 2 is 2.11 bits per heavy atom. The third kappa shape index (κ3) is 3.20. The third-order valence-corrected chi connectivity index (χ3v) is 3.73. The summed E-state index contributed by atoms with van der Waals surface area (Å²) in [6.07, 6.45) is 2.28. The van der Waals surface area contributed by atoms with Crippen LogP contribution in [0.15, 0.2) is 35.1 Å². The summed E-state index contributed by atoms with van der Waals surface area (Å²) in [6.45, 7) is 4.17. The number of hydrogen-bond acceptors (Lipinski definition) is 4. The van der Waals surface area contributed by atoms with Gasteiger partial charge in [-0.1, -0.05) is 34.1 Å². The van der Waals surface area contributed by atoms with Gasteiger partial charge in [0.2, 0.25) is 0 Å². The number of nitrogens with two attached hydrogens (primary N) is 1. The number of aromatic nitrogens is 3. The zero-order valence-corrected chi connectivity index (χ0v) is 12.6. The molecule has 0 amide bonds. The number of halogens is 1. The molecule has 0 radical (unpaired) electrons. The number of nitrogens with one attached hydrogen (secondary N) is 1. The maximum atomic E-state index is 5.69. The largest absolute Gasteiger partial charge is 0.271 e. The molecule has 19 heavy (non-hydrogen) atoms. The van der Waals surface area contributed by atoms with Crippen molar-refractivity contribution >= 4 is 15.9 Å². The maximum Gasteiger partial charge on any atom is 0.138 e. The predicted octanol–water partition coefficient (Wildman–Crippen LogP) is 2.37. The average Bonchev–Trinajstić information content (AvgIpc) is 2.85. The molecular formula is C13H18BrN5. The van der Waals surface area contributed by atoms with Gasteiger partial charge in [0, 0.05) is 16.9 Å². The molecule has 0 aliphatic heterocycles. The summed E-state index contributed by atoms with van der Waals surface area (Å²) < 4.78 is 2.95. The van der Waals surface area contributed by atoms with E-state index in [-0.39, 0.29) is 12.1 Å². The van der Waals surface area contributed by atoms with Gasteiger partial charge < -0.3 is 0 Å². The van der Waals surface area contributed by atoms with Gasteiger partial charge in [0.15, 0.2) is 0 Å². The molecule has 2 aromatic rings. The van der Waals surface area contributed by atoms with E-state index < -0.39 is 0 Å². The summed E-state index contributed by atoms with van der Waals surface area (Å²) in [5.41, 5.74) is 3.97. The van der Waals surface area contributed by atoms with E-state index in [2.05, 4.69) is 45.3 Å². The quantitative estimate of drug-likeness (QED) is 0.654.